The van der Waals surface area contributed by atoms with E-state index in [1.807, 2.05) is 5.92 Å². The van der Waals surface area contributed by atoms with Crippen molar-refractivity contribution < 1.29 is 24.0 Å². The van der Waals surface area contributed by atoms with Gasteiger partial charge in [0.2, 0.25) is 0 Å². The van der Waals surface area contributed by atoms with Gasteiger partial charge in [0.15, 0.2) is 0 Å². The summed E-state index contributed by atoms with van der Waals surface area (Å²) in [6, 6.07) is 0. The summed E-state index contributed by atoms with van der Waals surface area (Å²) >= 11 is 0. The molecule has 11 heavy (non-hydrogen) atoms. The Labute approximate surface area is 103 Å². The topological polar surface area (TPSA) is 0 Å². The summed E-state index contributed by atoms with van der Waals surface area (Å²) in [4.78, 5) is 0. The first-order valence-corrected chi connectivity index (χ1v) is 4.06. The Morgan fingerprint density at radius 1 is 1.18 bits per heavy atom. The zero-order valence-electron chi connectivity index (χ0n) is 7.49. The predicted molar refractivity (Wildman–Crippen MR) is 44.7 cm³/mol. The molecule has 0 atom stereocenters. The molecule has 0 saturated heterocycles. The molecule has 0 aromatic rings. The van der Waals surface area contributed by atoms with Gasteiger partial charge in [0.25, 0.3) is 0 Å². The van der Waals surface area contributed by atoms with Gasteiger partial charge in [-0.05, 0) is 0 Å². The summed E-state index contributed by atoms with van der Waals surface area (Å²) in [5.41, 5.74) is 0.639. The molecule has 0 radical (unpaired) electrons. The average molecular weight is 274 g/mol. The van der Waals surface area contributed by atoms with Crippen molar-refractivity contribution in [2.24, 2.45) is 11.3 Å². The summed E-state index contributed by atoms with van der Waals surface area (Å²) in [5, 5.41) is 0. The van der Waals surface area contributed by atoms with Crippen LogP contribution in [0.5, 0.6) is 0 Å². The summed E-state index contributed by atoms with van der Waals surface area (Å²) in [5.74, 6) is 2.90. The quantitative estimate of drug-likeness (QED) is 0.315. The molecule has 0 nitrogen and oxygen atoms in total. The van der Waals surface area contributed by atoms with Gasteiger partial charge in [0.1, 0.15) is 0 Å². The van der Waals surface area contributed by atoms with Crippen LogP contribution in [0.2, 0.25) is 0 Å². The van der Waals surface area contributed by atoms with Crippen LogP contribution in [-0.2, 0) is 0 Å². The molecule has 0 unspecified atom stereocenters. The Morgan fingerprint density at radius 2 is 1.64 bits per heavy atom. The van der Waals surface area contributed by atoms with E-state index in [4.69, 9.17) is 0 Å². The number of halogens is 1. The molecule has 0 amide bonds. The van der Waals surface area contributed by atoms with E-state index in [1.54, 1.807) is 0 Å². The maximum Gasteiger partial charge on any atom is 2.00 e. The molecule has 0 N–H and O–H groups in total. The van der Waals surface area contributed by atoms with Gasteiger partial charge in [-0.15, -0.1) is 0 Å². The van der Waals surface area contributed by atoms with E-state index < -0.39 is 0 Å². The Morgan fingerprint density at radius 3 is 1.73 bits per heavy atom. The van der Waals surface area contributed by atoms with Crippen molar-refractivity contribution in [1.29, 1.82) is 0 Å². The summed E-state index contributed by atoms with van der Waals surface area (Å²) in [6.07, 6.45) is 5.86. The van der Waals surface area contributed by atoms with Gasteiger partial charge < -0.3 is 29.9 Å². The molecule has 0 aromatic heterocycles. The van der Waals surface area contributed by atoms with Gasteiger partial charge in [-0.25, -0.2) is 0 Å². The van der Waals surface area contributed by atoms with Crippen LogP contribution in [0.4, 0.5) is 0 Å². The van der Waals surface area contributed by atoms with E-state index in [9.17, 15) is 0 Å². The average Bonchev–Trinajstić information content (AvgIpc) is 2.24. The second-order valence-corrected chi connectivity index (χ2v) is 4.10. The molecule has 0 aliphatic heterocycles. The molecule has 2 bridgehead atoms. The maximum atomic E-state index is 2.42. The fourth-order valence-corrected chi connectivity index (χ4v) is 2.62. The Hall–Kier alpha value is 1.50. The molecular formula is C9H15IMg. The molecule has 2 fully saturated rings. The molecule has 0 heterocycles. The second-order valence-electron chi connectivity index (χ2n) is 4.10. The van der Waals surface area contributed by atoms with Gasteiger partial charge in [-0.1, -0.05) is 32.6 Å². The third kappa shape index (κ3) is 1.88. The molecule has 2 saturated carbocycles. The van der Waals surface area contributed by atoms with Gasteiger partial charge >= 0.3 is 23.1 Å². The van der Waals surface area contributed by atoms with E-state index >= 15 is 0 Å². The fourth-order valence-electron chi connectivity index (χ4n) is 2.62. The molecule has 2 heteroatoms. The molecule has 60 valence electrons. The van der Waals surface area contributed by atoms with Crippen molar-refractivity contribution in [3.05, 3.63) is 5.92 Å². The summed E-state index contributed by atoms with van der Waals surface area (Å²) in [6.45, 7) is 4.85. The molecule has 0 spiro atoms. The van der Waals surface area contributed by atoms with Crippen LogP contribution in [0.3, 0.4) is 0 Å². The Bertz CT molecular complexity index is 112. The van der Waals surface area contributed by atoms with Crippen LogP contribution in [0.15, 0.2) is 0 Å². The second kappa shape index (κ2) is 4.14. The maximum absolute atomic E-state index is 2.42. The first-order chi connectivity index (χ1) is 4.21. The van der Waals surface area contributed by atoms with Crippen molar-refractivity contribution in [2.75, 3.05) is 0 Å². The van der Waals surface area contributed by atoms with Crippen LogP contribution >= 0.6 is 0 Å². The predicted octanol–water partition coefficient (Wildman–Crippen LogP) is -0.586. The van der Waals surface area contributed by atoms with Crippen LogP contribution < -0.4 is 24.0 Å². The first-order valence-electron chi connectivity index (χ1n) is 4.06. The number of hydrogen-bond donors (Lipinski definition) is 0. The smallest absolute Gasteiger partial charge is 1.00 e. The van der Waals surface area contributed by atoms with Crippen LogP contribution in [-0.4, -0.2) is 23.1 Å². The standard InChI is InChI=1S/C9H15.HI.Mg/c1-9(2)7-3-4-8(9)6-5-7;;/h7H,3-6H2,1-2H3;1H;/q-1;;+2/p-1. The minimum atomic E-state index is 0. The van der Waals surface area contributed by atoms with E-state index in [0.717, 1.165) is 5.92 Å². The van der Waals surface area contributed by atoms with Crippen molar-refractivity contribution in [3.63, 3.8) is 0 Å². The van der Waals surface area contributed by atoms with Crippen LogP contribution in [0.1, 0.15) is 39.5 Å². The third-order valence-corrected chi connectivity index (χ3v) is 3.52. The van der Waals surface area contributed by atoms with E-state index in [1.165, 1.54) is 25.7 Å². The summed E-state index contributed by atoms with van der Waals surface area (Å²) in [7, 11) is 0. The zero-order chi connectivity index (χ0) is 6.48. The van der Waals surface area contributed by atoms with Gasteiger partial charge in [0, 0.05) is 0 Å². The van der Waals surface area contributed by atoms with Crippen molar-refractivity contribution in [2.45, 2.75) is 39.5 Å². The number of rotatable bonds is 0. The molecule has 2 aliphatic rings. The Balaban J connectivity index is 0.000000500. The largest absolute Gasteiger partial charge is 2.00 e. The SMILES string of the molecule is CC1(C)[C-]2CCC1CC2.[I-].[Mg+2]. The number of hydrogen-bond acceptors (Lipinski definition) is 0. The minimum Gasteiger partial charge on any atom is -1.00 e. The fraction of sp³-hybridized carbons (Fsp3) is 0.889. The normalized spacial score (nSPS) is 27.8. The van der Waals surface area contributed by atoms with Gasteiger partial charge in [-0.3, -0.25) is 0 Å². The third-order valence-electron chi connectivity index (χ3n) is 3.52. The van der Waals surface area contributed by atoms with E-state index in [-0.39, 0.29) is 47.0 Å². The van der Waals surface area contributed by atoms with Crippen LogP contribution in [0.25, 0.3) is 0 Å². The summed E-state index contributed by atoms with van der Waals surface area (Å²) < 4.78 is 0. The van der Waals surface area contributed by atoms with Gasteiger partial charge in [-0.2, -0.15) is 18.3 Å². The van der Waals surface area contributed by atoms with E-state index in [0.29, 0.717) is 5.41 Å². The zero-order valence-corrected chi connectivity index (χ0v) is 11.1. The Kier molecular flexibility index (Phi) is 4.70. The van der Waals surface area contributed by atoms with Crippen molar-refractivity contribution >= 4 is 23.1 Å². The van der Waals surface area contributed by atoms with Crippen LogP contribution in [0, 0.1) is 17.3 Å². The molecule has 0 aromatic carbocycles. The van der Waals surface area contributed by atoms with Crippen molar-refractivity contribution in [1.82, 2.24) is 0 Å². The molecular weight excluding hydrogens is 259 g/mol. The minimum absolute atomic E-state index is 0. The number of fused-ring (bicyclic) bond motifs is 2. The molecule has 2 rings (SSSR count). The van der Waals surface area contributed by atoms with Crippen molar-refractivity contribution in [3.8, 4) is 0 Å². The van der Waals surface area contributed by atoms with E-state index in [2.05, 4.69) is 13.8 Å². The molecule has 2 aliphatic carbocycles. The first kappa shape index (κ1) is 12.5. The van der Waals surface area contributed by atoms with Gasteiger partial charge in [0.05, 0.1) is 0 Å². The monoisotopic (exact) mass is 274 g/mol.